The number of carbonyl (C=O) groups excluding carboxylic acids is 2. The van der Waals surface area contributed by atoms with E-state index in [1.807, 2.05) is 29.0 Å². The van der Waals surface area contributed by atoms with Crippen molar-refractivity contribution in [2.24, 2.45) is 5.73 Å². The van der Waals surface area contributed by atoms with Gasteiger partial charge in [-0.1, -0.05) is 6.92 Å². The van der Waals surface area contributed by atoms with Crippen molar-refractivity contribution >= 4 is 23.2 Å². The molecule has 3 aromatic heterocycles. The summed E-state index contributed by atoms with van der Waals surface area (Å²) in [5.74, 6) is -0.573. The first kappa shape index (κ1) is 19.8. The van der Waals surface area contributed by atoms with Crippen LogP contribution in [0, 0.1) is 6.92 Å². The third-order valence-electron chi connectivity index (χ3n) is 4.53. The van der Waals surface area contributed by atoms with Crippen LogP contribution < -0.4 is 11.1 Å². The predicted molar refractivity (Wildman–Crippen MR) is 110 cm³/mol. The largest absolute Gasteiger partial charge is 0.366 e. The standard InChI is InChI=1S/C20H23N5O2S/c1-4-15-9-14(5-6-23-15)20-24-17(11-28-20)18-10-16(19(21)27)12(2)25(18)8-7-22-13(3)26/h5-6,9-11H,4,7-8H2,1-3H3,(H2,21,27)(H,22,26). The Hall–Kier alpha value is -3.00. The Morgan fingerprint density at radius 3 is 2.79 bits per heavy atom. The van der Waals surface area contributed by atoms with Crippen molar-refractivity contribution < 1.29 is 9.59 Å². The fourth-order valence-electron chi connectivity index (χ4n) is 3.07. The second-order valence-electron chi connectivity index (χ2n) is 6.45. The van der Waals surface area contributed by atoms with Crippen LogP contribution in [0.4, 0.5) is 0 Å². The monoisotopic (exact) mass is 397 g/mol. The zero-order valence-corrected chi connectivity index (χ0v) is 17.0. The van der Waals surface area contributed by atoms with Crippen LogP contribution in [-0.2, 0) is 17.8 Å². The molecule has 0 bridgehead atoms. The highest BCUT2D eigenvalue weighted by Crippen LogP contribution is 2.31. The van der Waals surface area contributed by atoms with Crippen LogP contribution in [0.5, 0.6) is 0 Å². The third-order valence-corrected chi connectivity index (χ3v) is 5.43. The second-order valence-corrected chi connectivity index (χ2v) is 7.31. The number of carbonyl (C=O) groups is 2. The zero-order valence-electron chi connectivity index (χ0n) is 16.2. The molecule has 7 nitrogen and oxygen atoms in total. The number of nitrogens with one attached hydrogen (secondary N) is 1. The quantitative estimate of drug-likeness (QED) is 0.640. The first-order valence-corrected chi connectivity index (χ1v) is 9.94. The van der Waals surface area contributed by atoms with Crippen LogP contribution >= 0.6 is 11.3 Å². The smallest absolute Gasteiger partial charge is 0.250 e. The highest BCUT2D eigenvalue weighted by atomic mass is 32.1. The molecule has 0 aromatic carbocycles. The number of nitrogens with two attached hydrogens (primary N) is 1. The lowest BCUT2D eigenvalue weighted by molar-refractivity contribution is -0.118. The van der Waals surface area contributed by atoms with Gasteiger partial charge in [-0.2, -0.15) is 0 Å². The summed E-state index contributed by atoms with van der Waals surface area (Å²) in [6.07, 6.45) is 2.65. The van der Waals surface area contributed by atoms with Gasteiger partial charge in [-0.05, 0) is 31.5 Å². The Labute approximate surface area is 167 Å². The Morgan fingerprint density at radius 1 is 1.32 bits per heavy atom. The fourth-order valence-corrected chi connectivity index (χ4v) is 3.88. The normalized spacial score (nSPS) is 10.8. The van der Waals surface area contributed by atoms with E-state index in [9.17, 15) is 9.59 Å². The van der Waals surface area contributed by atoms with E-state index in [0.29, 0.717) is 18.7 Å². The van der Waals surface area contributed by atoms with Crippen molar-refractivity contribution in [3.8, 4) is 22.0 Å². The molecule has 146 valence electrons. The summed E-state index contributed by atoms with van der Waals surface area (Å²) in [5.41, 5.74) is 10.4. The molecule has 3 rings (SSSR count). The number of nitrogens with zero attached hydrogens (tertiary/aromatic N) is 3. The number of amides is 2. The maximum atomic E-state index is 11.8. The van der Waals surface area contributed by atoms with Gasteiger partial charge in [0.1, 0.15) is 5.01 Å². The molecule has 0 radical (unpaired) electrons. The molecular formula is C20H23N5O2S. The van der Waals surface area contributed by atoms with Gasteiger partial charge in [0.2, 0.25) is 5.91 Å². The molecule has 0 atom stereocenters. The molecule has 0 fully saturated rings. The molecule has 0 aliphatic rings. The SMILES string of the molecule is CCc1cc(-c2nc(-c3cc(C(N)=O)c(C)n3CCNC(C)=O)cs2)ccn1. The molecule has 3 aromatic rings. The van der Waals surface area contributed by atoms with Crippen molar-refractivity contribution in [2.75, 3.05) is 6.54 Å². The Morgan fingerprint density at radius 2 is 2.11 bits per heavy atom. The van der Waals surface area contributed by atoms with E-state index in [4.69, 9.17) is 10.7 Å². The van der Waals surface area contributed by atoms with Crippen molar-refractivity contribution in [1.82, 2.24) is 19.9 Å². The molecule has 0 spiro atoms. The van der Waals surface area contributed by atoms with Gasteiger partial charge in [0.15, 0.2) is 0 Å². The van der Waals surface area contributed by atoms with Crippen LogP contribution in [-0.4, -0.2) is 32.9 Å². The van der Waals surface area contributed by atoms with Crippen LogP contribution in [0.2, 0.25) is 0 Å². The lowest BCUT2D eigenvalue weighted by Gasteiger charge is -2.11. The summed E-state index contributed by atoms with van der Waals surface area (Å²) in [6, 6.07) is 5.75. The fraction of sp³-hybridized carbons (Fsp3) is 0.300. The number of rotatable bonds is 7. The highest BCUT2D eigenvalue weighted by Gasteiger charge is 2.19. The van der Waals surface area contributed by atoms with Gasteiger partial charge < -0.3 is 15.6 Å². The minimum atomic E-state index is -0.478. The molecule has 8 heteroatoms. The van der Waals surface area contributed by atoms with E-state index in [-0.39, 0.29) is 5.91 Å². The minimum Gasteiger partial charge on any atom is -0.366 e. The van der Waals surface area contributed by atoms with Crippen LogP contribution in [0.3, 0.4) is 0 Å². The number of aromatic nitrogens is 3. The lowest BCUT2D eigenvalue weighted by Crippen LogP contribution is -2.25. The summed E-state index contributed by atoms with van der Waals surface area (Å²) in [4.78, 5) is 32.1. The minimum absolute atomic E-state index is 0.0955. The van der Waals surface area contributed by atoms with E-state index >= 15 is 0 Å². The van der Waals surface area contributed by atoms with Crippen LogP contribution in [0.25, 0.3) is 22.0 Å². The maximum absolute atomic E-state index is 11.8. The first-order chi connectivity index (χ1) is 13.4. The molecular weight excluding hydrogens is 374 g/mol. The van der Waals surface area contributed by atoms with Crippen LogP contribution in [0.1, 0.15) is 35.6 Å². The second kappa shape index (κ2) is 8.35. The van der Waals surface area contributed by atoms with E-state index in [0.717, 1.165) is 39.8 Å². The predicted octanol–water partition coefficient (Wildman–Crippen LogP) is 2.78. The third kappa shape index (κ3) is 4.12. The molecule has 0 aliphatic carbocycles. The summed E-state index contributed by atoms with van der Waals surface area (Å²) < 4.78 is 1.97. The van der Waals surface area contributed by atoms with E-state index in [1.54, 1.807) is 12.3 Å². The van der Waals surface area contributed by atoms with Gasteiger partial charge in [-0.25, -0.2) is 4.98 Å². The van der Waals surface area contributed by atoms with E-state index < -0.39 is 5.91 Å². The van der Waals surface area contributed by atoms with E-state index in [2.05, 4.69) is 17.2 Å². The molecule has 2 amide bonds. The average Bonchev–Trinajstić information content (AvgIpc) is 3.27. The molecule has 0 unspecified atom stereocenters. The van der Waals surface area contributed by atoms with Crippen molar-refractivity contribution in [3.05, 3.63) is 46.7 Å². The van der Waals surface area contributed by atoms with Crippen LogP contribution in [0.15, 0.2) is 29.8 Å². The first-order valence-electron chi connectivity index (χ1n) is 9.06. The lowest BCUT2D eigenvalue weighted by atomic mass is 10.2. The molecule has 3 N–H and O–H groups in total. The Bertz CT molecular complexity index is 1020. The topological polar surface area (TPSA) is 103 Å². The van der Waals surface area contributed by atoms with Crippen molar-refractivity contribution in [3.63, 3.8) is 0 Å². The van der Waals surface area contributed by atoms with Crippen molar-refractivity contribution in [1.29, 1.82) is 0 Å². The molecule has 0 saturated carbocycles. The average molecular weight is 398 g/mol. The van der Waals surface area contributed by atoms with Gasteiger partial charge in [0, 0.05) is 48.5 Å². The van der Waals surface area contributed by atoms with Gasteiger partial charge in [0.25, 0.3) is 5.91 Å². The Balaban J connectivity index is 1.98. The summed E-state index contributed by atoms with van der Waals surface area (Å²) in [7, 11) is 0. The number of aryl methyl sites for hydroxylation is 1. The number of pyridine rings is 1. The molecule has 0 saturated heterocycles. The van der Waals surface area contributed by atoms with Gasteiger partial charge in [-0.15, -0.1) is 11.3 Å². The van der Waals surface area contributed by atoms with Crippen molar-refractivity contribution in [2.45, 2.75) is 33.7 Å². The van der Waals surface area contributed by atoms with Gasteiger partial charge in [0.05, 0.1) is 17.0 Å². The number of primary amides is 1. The molecule has 28 heavy (non-hydrogen) atoms. The summed E-state index contributed by atoms with van der Waals surface area (Å²) in [6.45, 7) is 6.37. The summed E-state index contributed by atoms with van der Waals surface area (Å²) in [5, 5.41) is 5.64. The number of hydrogen-bond acceptors (Lipinski definition) is 5. The zero-order chi connectivity index (χ0) is 20.3. The van der Waals surface area contributed by atoms with E-state index in [1.165, 1.54) is 18.3 Å². The summed E-state index contributed by atoms with van der Waals surface area (Å²) >= 11 is 1.54. The molecule has 3 heterocycles. The number of thiazole rings is 1. The molecule has 0 aliphatic heterocycles. The highest BCUT2D eigenvalue weighted by molar-refractivity contribution is 7.13. The number of hydrogen-bond donors (Lipinski definition) is 2. The van der Waals surface area contributed by atoms with Gasteiger partial charge in [-0.3, -0.25) is 14.6 Å². The van der Waals surface area contributed by atoms with Gasteiger partial charge >= 0.3 is 0 Å². The Kier molecular flexibility index (Phi) is 5.89. The maximum Gasteiger partial charge on any atom is 0.250 e.